The Morgan fingerprint density at radius 2 is 2.11 bits per heavy atom. The molecule has 1 aromatic heterocycles. The zero-order valence-corrected chi connectivity index (χ0v) is 11.6. The molecule has 0 amide bonds. The van der Waals surface area contributed by atoms with Crippen molar-refractivity contribution in [2.24, 2.45) is 0 Å². The van der Waals surface area contributed by atoms with Gasteiger partial charge in [0.2, 0.25) is 0 Å². The third kappa shape index (κ3) is 2.53. The lowest BCUT2D eigenvalue weighted by atomic mass is 10.1. The minimum Gasteiger partial charge on any atom is -0.381 e. The molecular formula is C16H22N2O. The Balaban J connectivity index is 1.99. The van der Waals surface area contributed by atoms with Gasteiger partial charge in [-0.2, -0.15) is 0 Å². The van der Waals surface area contributed by atoms with Gasteiger partial charge in [-0.15, -0.1) is 0 Å². The Kier molecular flexibility index (Phi) is 3.85. The van der Waals surface area contributed by atoms with Gasteiger partial charge in [0.1, 0.15) is 0 Å². The molecule has 1 saturated heterocycles. The van der Waals surface area contributed by atoms with E-state index in [9.17, 15) is 0 Å². The normalized spacial score (nSPS) is 17.1. The first-order valence-electron chi connectivity index (χ1n) is 7.27. The highest BCUT2D eigenvalue weighted by Gasteiger charge is 2.18. The highest BCUT2D eigenvalue weighted by atomic mass is 16.5. The number of hydrogen-bond donors (Lipinski definition) is 1. The van der Waals surface area contributed by atoms with Crippen LogP contribution in [0.5, 0.6) is 0 Å². The van der Waals surface area contributed by atoms with Gasteiger partial charge >= 0.3 is 0 Å². The molecule has 0 spiro atoms. The quantitative estimate of drug-likeness (QED) is 0.912. The van der Waals surface area contributed by atoms with Gasteiger partial charge in [-0.05, 0) is 36.4 Å². The zero-order chi connectivity index (χ0) is 13.1. The average molecular weight is 258 g/mol. The number of aromatic nitrogens is 1. The van der Waals surface area contributed by atoms with Crippen molar-refractivity contribution in [1.82, 2.24) is 9.88 Å². The van der Waals surface area contributed by atoms with Gasteiger partial charge in [0.25, 0.3) is 0 Å². The van der Waals surface area contributed by atoms with Gasteiger partial charge < -0.3 is 14.6 Å². The second kappa shape index (κ2) is 5.76. The summed E-state index contributed by atoms with van der Waals surface area (Å²) in [5.41, 5.74) is 2.80. The molecule has 0 aliphatic carbocycles. The van der Waals surface area contributed by atoms with Crippen LogP contribution in [-0.2, 0) is 11.3 Å². The van der Waals surface area contributed by atoms with Crippen LogP contribution >= 0.6 is 0 Å². The van der Waals surface area contributed by atoms with Crippen LogP contribution in [0.4, 0.5) is 0 Å². The molecule has 1 aliphatic rings. The summed E-state index contributed by atoms with van der Waals surface area (Å²) < 4.78 is 7.94. The van der Waals surface area contributed by atoms with Crippen LogP contribution in [-0.4, -0.2) is 24.3 Å². The molecule has 0 bridgehead atoms. The summed E-state index contributed by atoms with van der Waals surface area (Å²) in [7, 11) is 0. The van der Waals surface area contributed by atoms with Gasteiger partial charge in [0, 0.05) is 32.0 Å². The molecule has 2 aromatic rings. The lowest BCUT2D eigenvalue weighted by Crippen LogP contribution is -2.20. The molecule has 3 heteroatoms. The molecule has 3 nitrogen and oxygen atoms in total. The number of para-hydroxylation sites is 1. The first-order valence-corrected chi connectivity index (χ1v) is 7.27. The second-order valence-electron chi connectivity index (χ2n) is 5.20. The van der Waals surface area contributed by atoms with E-state index in [2.05, 4.69) is 47.3 Å². The van der Waals surface area contributed by atoms with Gasteiger partial charge in [-0.3, -0.25) is 0 Å². The molecular weight excluding hydrogens is 236 g/mol. The van der Waals surface area contributed by atoms with E-state index < -0.39 is 0 Å². The van der Waals surface area contributed by atoms with Crippen molar-refractivity contribution < 1.29 is 4.74 Å². The molecule has 1 fully saturated rings. The average Bonchev–Trinajstić information content (AvgIpc) is 2.90. The van der Waals surface area contributed by atoms with Crippen LogP contribution in [0.1, 0.15) is 31.4 Å². The standard InChI is InChI=1S/C16H22N2O/c1-2-17-12-14-5-3-4-13-6-9-18(16(13)14)15-7-10-19-11-8-15/h3-6,9,15,17H,2,7-8,10-12H2,1H3. The van der Waals surface area contributed by atoms with E-state index in [4.69, 9.17) is 4.74 Å². The summed E-state index contributed by atoms with van der Waals surface area (Å²) >= 11 is 0. The molecule has 0 saturated carbocycles. The third-order valence-corrected chi connectivity index (χ3v) is 3.97. The fraction of sp³-hybridized carbons (Fsp3) is 0.500. The Morgan fingerprint density at radius 3 is 2.89 bits per heavy atom. The Morgan fingerprint density at radius 1 is 1.26 bits per heavy atom. The van der Waals surface area contributed by atoms with Crippen molar-refractivity contribution in [3.05, 3.63) is 36.0 Å². The van der Waals surface area contributed by atoms with E-state index in [1.165, 1.54) is 16.5 Å². The van der Waals surface area contributed by atoms with Crippen molar-refractivity contribution in [2.75, 3.05) is 19.8 Å². The first-order chi connectivity index (χ1) is 9.40. The number of benzene rings is 1. The predicted molar refractivity (Wildman–Crippen MR) is 78.4 cm³/mol. The highest BCUT2D eigenvalue weighted by molar-refractivity contribution is 5.83. The lowest BCUT2D eigenvalue weighted by Gasteiger charge is -2.25. The minimum absolute atomic E-state index is 0.592. The maximum absolute atomic E-state index is 5.48. The van der Waals surface area contributed by atoms with E-state index in [1.807, 2.05) is 0 Å². The maximum Gasteiger partial charge on any atom is 0.0528 e. The summed E-state index contributed by atoms with van der Waals surface area (Å²) in [6.07, 6.45) is 4.49. The second-order valence-corrected chi connectivity index (χ2v) is 5.20. The van der Waals surface area contributed by atoms with Crippen LogP contribution < -0.4 is 5.32 Å². The molecule has 3 rings (SSSR count). The smallest absolute Gasteiger partial charge is 0.0528 e. The van der Waals surface area contributed by atoms with Crippen molar-refractivity contribution in [2.45, 2.75) is 32.4 Å². The number of fused-ring (bicyclic) bond motifs is 1. The van der Waals surface area contributed by atoms with Crippen molar-refractivity contribution in [3.63, 3.8) is 0 Å². The fourth-order valence-electron chi connectivity index (χ4n) is 2.97. The first kappa shape index (κ1) is 12.7. The summed E-state index contributed by atoms with van der Waals surface area (Å²) in [6, 6.07) is 9.43. The van der Waals surface area contributed by atoms with Crippen LogP contribution in [0.2, 0.25) is 0 Å². The molecule has 1 aliphatic heterocycles. The number of ether oxygens (including phenoxy) is 1. The van der Waals surface area contributed by atoms with Crippen LogP contribution in [0, 0.1) is 0 Å². The largest absolute Gasteiger partial charge is 0.381 e. The molecule has 102 valence electrons. The predicted octanol–water partition coefficient (Wildman–Crippen LogP) is 3.10. The molecule has 19 heavy (non-hydrogen) atoms. The van der Waals surface area contributed by atoms with Crippen LogP contribution in [0.3, 0.4) is 0 Å². The highest BCUT2D eigenvalue weighted by Crippen LogP contribution is 2.28. The van der Waals surface area contributed by atoms with Gasteiger partial charge in [-0.25, -0.2) is 0 Å². The number of hydrogen-bond acceptors (Lipinski definition) is 2. The monoisotopic (exact) mass is 258 g/mol. The zero-order valence-electron chi connectivity index (χ0n) is 11.6. The van der Waals surface area contributed by atoms with Crippen molar-refractivity contribution in [3.8, 4) is 0 Å². The molecule has 2 heterocycles. The Hall–Kier alpha value is -1.32. The van der Waals surface area contributed by atoms with Crippen molar-refractivity contribution in [1.29, 1.82) is 0 Å². The van der Waals surface area contributed by atoms with Crippen LogP contribution in [0.15, 0.2) is 30.5 Å². The minimum atomic E-state index is 0.592. The number of nitrogens with zero attached hydrogens (tertiary/aromatic N) is 1. The van der Waals surface area contributed by atoms with Crippen molar-refractivity contribution >= 4 is 10.9 Å². The topological polar surface area (TPSA) is 26.2 Å². The van der Waals surface area contributed by atoms with Gasteiger partial charge in [-0.1, -0.05) is 25.1 Å². The molecule has 1 N–H and O–H groups in total. The van der Waals surface area contributed by atoms with E-state index in [0.29, 0.717) is 6.04 Å². The summed E-state index contributed by atoms with van der Waals surface area (Å²) in [6.45, 7) is 5.88. The molecule has 0 radical (unpaired) electrons. The van der Waals surface area contributed by atoms with E-state index in [1.54, 1.807) is 0 Å². The number of rotatable bonds is 4. The number of nitrogens with one attached hydrogen (secondary N) is 1. The third-order valence-electron chi connectivity index (χ3n) is 3.97. The van der Waals surface area contributed by atoms with Gasteiger partial charge in [0.15, 0.2) is 0 Å². The molecule has 0 atom stereocenters. The molecule has 0 unspecified atom stereocenters. The van der Waals surface area contributed by atoms with Crippen LogP contribution in [0.25, 0.3) is 10.9 Å². The van der Waals surface area contributed by atoms with Gasteiger partial charge in [0.05, 0.1) is 5.52 Å². The van der Waals surface area contributed by atoms with E-state index in [0.717, 1.165) is 39.1 Å². The van der Waals surface area contributed by atoms with E-state index in [-0.39, 0.29) is 0 Å². The summed E-state index contributed by atoms with van der Waals surface area (Å²) in [5, 5.41) is 4.79. The summed E-state index contributed by atoms with van der Waals surface area (Å²) in [4.78, 5) is 0. The Bertz CT molecular complexity index is 541. The Labute approximate surface area is 114 Å². The molecule has 1 aromatic carbocycles. The lowest BCUT2D eigenvalue weighted by molar-refractivity contribution is 0.0707. The summed E-state index contributed by atoms with van der Waals surface area (Å²) in [5.74, 6) is 0. The SMILES string of the molecule is CCNCc1cccc2ccn(C3CCOCC3)c12. The van der Waals surface area contributed by atoms with E-state index >= 15 is 0 Å². The fourth-order valence-corrected chi connectivity index (χ4v) is 2.97. The maximum atomic E-state index is 5.48.